The van der Waals surface area contributed by atoms with Crippen LogP contribution in [0.3, 0.4) is 0 Å². The number of carbonyl (C=O) groups is 1. The number of amides is 1. The fourth-order valence-electron chi connectivity index (χ4n) is 1.57. The van der Waals surface area contributed by atoms with Crippen molar-refractivity contribution in [1.82, 2.24) is 5.32 Å². The van der Waals surface area contributed by atoms with Gasteiger partial charge in [-0.05, 0) is 23.9 Å². The summed E-state index contributed by atoms with van der Waals surface area (Å²) < 4.78 is 2.34. The highest BCUT2D eigenvalue weighted by molar-refractivity contribution is 7.27. The lowest BCUT2D eigenvalue weighted by atomic mass is 10.1. The summed E-state index contributed by atoms with van der Waals surface area (Å²) in [5.41, 5.74) is 0. The van der Waals surface area contributed by atoms with Crippen molar-refractivity contribution >= 4 is 38.0 Å². The van der Waals surface area contributed by atoms with Gasteiger partial charge in [0.05, 0.1) is 4.88 Å². The molecule has 0 spiro atoms. The number of hydrogen-bond acceptors (Lipinski definition) is 3. The molecule has 2 heterocycles. The van der Waals surface area contributed by atoms with E-state index in [-0.39, 0.29) is 11.9 Å². The Morgan fingerprint density at radius 2 is 2.41 bits per heavy atom. The average molecular weight is 263 g/mol. The van der Waals surface area contributed by atoms with Crippen molar-refractivity contribution in [2.45, 2.75) is 25.8 Å². The van der Waals surface area contributed by atoms with E-state index in [4.69, 9.17) is 6.42 Å². The van der Waals surface area contributed by atoms with Crippen LogP contribution in [0.5, 0.6) is 0 Å². The zero-order valence-electron chi connectivity index (χ0n) is 9.53. The Balaban J connectivity index is 2.10. The maximum absolute atomic E-state index is 12.0. The van der Waals surface area contributed by atoms with Gasteiger partial charge in [0.2, 0.25) is 0 Å². The van der Waals surface area contributed by atoms with Crippen LogP contribution < -0.4 is 5.32 Å². The van der Waals surface area contributed by atoms with Crippen molar-refractivity contribution in [3.05, 3.63) is 22.4 Å². The molecule has 1 unspecified atom stereocenters. The molecule has 0 aliphatic heterocycles. The number of thiophene rings is 2. The van der Waals surface area contributed by atoms with E-state index >= 15 is 0 Å². The van der Waals surface area contributed by atoms with Gasteiger partial charge >= 0.3 is 0 Å². The summed E-state index contributed by atoms with van der Waals surface area (Å²) in [7, 11) is 0. The van der Waals surface area contributed by atoms with Crippen LogP contribution >= 0.6 is 22.7 Å². The largest absolute Gasteiger partial charge is 0.348 e. The fraction of sp³-hybridized carbons (Fsp3) is 0.308. The van der Waals surface area contributed by atoms with E-state index in [1.165, 1.54) is 20.7 Å². The molecule has 0 bridgehead atoms. The highest BCUT2D eigenvalue weighted by Crippen LogP contribution is 2.29. The van der Waals surface area contributed by atoms with E-state index in [2.05, 4.69) is 11.2 Å². The van der Waals surface area contributed by atoms with Crippen LogP contribution in [0.4, 0.5) is 0 Å². The minimum absolute atomic E-state index is 0.0134. The van der Waals surface area contributed by atoms with Crippen LogP contribution in [-0.2, 0) is 0 Å². The minimum atomic E-state index is -0.0134. The van der Waals surface area contributed by atoms with Gasteiger partial charge < -0.3 is 5.32 Å². The summed E-state index contributed by atoms with van der Waals surface area (Å²) >= 11 is 3.19. The molecule has 1 atom stereocenters. The normalized spacial score (nSPS) is 12.2. The molecule has 2 nitrogen and oxygen atoms in total. The summed E-state index contributed by atoms with van der Waals surface area (Å²) in [5.74, 6) is 2.57. The molecule has 2 aromatic heterocycles. The molecule has 4 heteroatoms. The molecule has 2 rings (SSSR count). The average Bonchev–Trinajstić information content (AvgIpc) is 2.88. The van der Waals surface area contributed by atoms with Gasteiger partial charge in [-0.25, -0.2) is 0 Å². The topological polar surface area (TPSA) is 29.1 Å². The lowest BCUT2D eigenvalue weighted by molar-refractivity contribution is 0.0941. The van der Waals surface area contributed by atoms with Gasteiger partial charge in [-0.15, -0.1) is 35.0 Å². The predicted octanol–water partition coefficient (Wildman–Crippen LogP) is 3.49. The molecule has 0 fully saturated rings. The first-order valence-corrected chi connectivity index (χ1v) is 7.15. The molecule has 0 aliphatic rings. The van der Waals surface area contributed by atoms with Crippen molar-refractivity contribution < 1.29 is 4.79 Å². The van der Waals surface area contributed by atoms with Crippen molar-refractivity contribution in [2.24, 2.45) is 0 Å². The zero-order valence-corrected chi connectivity index (χ0v) is 11.2. The van der Waals surface area contributed by atoms with Crippen molar-refractivity contribution in [2.75, 3.05) is 0 Å². The maximum atomic E-state index is 12.0. The SMILES string of the molecule is C#CCC(CC)NC(=O)c1cc2sccc2s1. The smallest absolute Gasteiger partial charge is 0.261 e. The van der Waals surface area contributed by atoms with Gasteiger partial charge in [0, 0.05) is 21.9 Å². The van der Waals surface area contributed by atoms with Crippen molar-refractivity contribution in [3.63, 3.8) is 0 Å². The molecular weight excluding hydrogens is 250 g/mol. The molecule has 88 valence electrons. The van der Waals surface area contributed by atoms with E-state index in [0.29, 0.717) is 6.42 Å². The maximum Gasteiger partial charge on any atom is 0.261 e. The Bertz CT molecular complexity index is 533. The third-order valence-electron chi connectivity index (χ3n) is 2.56. The van der Waals surface area contributed by atoms with E-state index < -0.39 is 0 Å². The van der Waals surface area contributed by atoms with Crippen LogP contribution in [-0.4, -0.2) is 11.9 Å². The Kier molecular flexibility index (Phi) is 3.82. The van der Waals surface area contributed by atoms with E-state index in [1.54, 1.807) is 11.3 Å². The lowest BCUT2D eigenvalue weighted by Gasteiger charge is -2.12. The summed E-state index contributed by atoms with van der Waals surface area (Å²) in [6, 6.07) is 4.07. The fourth-order valence-corrected chi connectivity index (χ4v) is 3.59. The van der Waals surface area contributed by atoms with Gasteiger partial charge in [-0.3, -0.25) is 4.79 Å². The highest BCUT2D eigenvalue weighted by atomic mass is 32.1. The summed E-state index contributed by atoms with van der Waals surface area (Å²) in [6.07, 6.45) is 6.71. The summed E-state index contributed by atoms with van der Waals surface area (Å²) in [6.45, 7) is 2.02. The third-order valence-corrected chi connectivity index (χ3v) is 4.65. The van der Waals surface area contributed by atoms with E-state index in [9.17, 15) is 4.79 Å². The molecule has 0 radical (unpaired) electrons. The highest BCUT2D eigenvalue weighted by Gasteiger charge is 2.14. The summed E-state index contributed by atoms with van der Waals surface area (Å²) in [4.78, 5) is 12.8. The lowest BCUT2D eigenvalue weighted by Crippen LogP contribution is -2.33. The van der Waals surface area contributed by atoms with Gasteiger partial charge in [-0.1, -0.05) is 6.92 Å². The Labute approximate surface area is 109 Å². The first-order valence-electron chi connectivity index (χ1n) is 5.46. The van der Waals surface area contributed by atoms with Crippen LogP contribution in [0, 0.1) is 12.3 Å². The quantitative estimate of drug-likeness (QED) is 0.841. The number of nitrogens with one attached hydrogen (secondary N) is 1. The monoisotopic (exact) mass is 263 g/mol. The molecule has 2 aromatic rings. The second-order valence-corrected chi connectivity index (χ2v) is 5.78. The first-order chi connectivity index (χ1) is 8.24. The molecule has 1 N–H and O–H groups in total. The molecule has 17 heavy (non-hydrogen) atoms. The number of carbonyl (C=O) groups excluding carboxylic acids is 1. The molecule has 1 amide bonds. The van der Waals surface area contributed by atoms with Gasteiger partial charge in [0.1, 0.15) is 0 Å². The molecular formula is C13H13NOS2. The van der Waals surface area contributed by atoms with Gasteiger partial charge in [0.15, 0.2) is 0 Å². The molecule has 0 aliphatic carbocycles. The Morgan fingerprint density at radius 3 is 3.06 bits per heavy atom. The Morgan fingerprint density at radius 1 is 1.59 bits per heavy atom. The predicted molar refractivity (Wildman–Crippen MR) is 74.7 cm³/mol. The third kappa shape index (κ3) is 2.68. The molecule has 0 aromatic carbocycles. The number of rotatable bonds is 4. The van der Waals surface area contributed by atoms with Gasteiger partial charge in [0.25, 0.3) is 5.91 Å². The number of hydrogen-bond donors (Lipinski definition) is 1. The van der Waals surface area contributed by atoms with Crippen molar-refractivity contribution in [3.8, 4) is 12.3 Å². The molecule has 0 saturated heterocycles. The van der Waals surface area contributed by atoms with Crippen LogP contribution in [0.25, 0.3) is 9.40 Å². The van der Waals surface area contributed by atoms with Gasteiger partial charge in [-0.2, -0.15) is 0 Å². The van der Waals surface area contributed by atoms with E-state index in [0.717, 1.165) is 11.3 Å². The van der Waals surface area contributed by atoms with Crippen LogP contribution in [0.2, 0.25) is 0 Å². The minimum Gasteiger partial charge on any atom is -0.348 e. The number of terminal acetylenes is 1. The van der Waals surface area contributed by atoms with Crippen LogP contribution in [0.1, 0.15) is 29.4 Å². The second-order valence-electron chi connectivity index (χ2n) is 3.75. The second kappa shape index (κ2) is 5.35. The Hall–Kier alpha value is -1.31. The zero-order chi connectivity index (χ0) is 12.3. The van der Waals surface area contributed by atoms with Crippen molar-refractivity contribution in [1.29, 1.82) is 0 Å². The first kappa shape index (κ1) is 12.2. The number of fused-ring (bicyclic) bond motifs is 1. The van der Waals surface area contributed by atoms with E-state index in [1.807, 2.05) is 24.4 Å². The molecule has 0 saturated carbocycles. The van der Waals surface area contributed by atoms with Crippen LogP contribution in [0.15, 0.2) is 17.5 Å². The standard InChI is InChI=1S/C13H13NOS2/c1-3-5-9(4-2)14-13(15)12-8-11-10(17-12)6-7-16-11/h1,6-9H,4-5H2,2H3,(H,14,15). The summed E-state index contributed by atoms with van der Waals surface area (Å²) in [5, 5.41) is 5.01.